The number of aromatic nitrogens is 1. The molecular formula is C23H28F3N3O3S. The first kappa shape index (κ1) is 25.2. The molecule has 0 saturated carbocycles. The molecule has 0 spiro atoms. The molecule has 2 atom stereocenters. The molecule has 0 aliphatic carbocycles. The van der Waals surface area contributed by atoms with Gasteiger partial charge in [0, 0.05) is 25.9 Å². The van der Waals surface area contributed by atoms with Crippen LogP contribution < -0.4 is 5.32 Å². The van der Waals surface area contributed by atoms with Crippen molar-refractivity contribution in [3.8, 4) is 10.4 Å². The number of β-amino-alcohol motifs (C(OH)–C–C–N with tert-alkyl or cyclic N) is 1. The largest absolute Gasteiger partial charge is 0.416 e. The lowest BCUT2D eigenvalue weighted by atomic mass is 9.91. The first-order valence-corrected chi connectivity index (χ1v) is 11.5. The van der Waals surface area contributed by atoms with E-state index in [1.54, 1.807) is 18.5 Å². The van der Waals surface area contributed by atoms with Gasteiger partial charge in [0.2, 0.25) is 11.8 Å². The minimum Gasteiger partial charge on any atom is -0.391 e. The summed E-state index contributed by atoms with van der Waals surface area (Å²) in [6.45, 7) is 7.09. The van der Waals surface area contributed by atoms with Crippen LogP contribution in [0.25, 0.3) is 10.4 Å². The Hall–Kier alpha value is -2.46. The smallest absolute Gasteiger partial charge is 0.391 e. The summed E-state index contributed by atoms with van der Waals surface area (Å²) in [4.78, 5) is 31.5. The highest BCUT2D eigenvalue weighted by Gasteiger charge is 2.40. The molecule has 0 unspecified atom stereocenters. The zero-order valence-corrected chi connectivity index (χ0v) is 19.8. The van der Waals surface area contributed by atoms with E-state index in [1.807, 2.05) is 20.8 Å². The van der Waals surface area contributed by atoms with Crippen molar-refractivity contribution < 1.29 is 27.9 Å². The Labute approximate surface area is 194 Å². The highest BCUT2D eigenvalue weighted by Crippen LogP contribution is 2.37. The summed E-state index contributed by atoms with van der Waals surface area (Å²) in [5.41, 5.74) is 1.43. The van der Waals surface area contributed by atoms with Crippen molar-refractivity contribution in [1.82, 2.24) is 15.2 Å². The highest BCUT2D eigenvalue weighted by molar-refractivity contribution is 7.13. The van der Waals surface area contributed by atoms with Gasteiger partial charge in [0.1, 0.15) is 6.04 Å². The topological polar surface area (TPSA) is 82.5 Å². The number of amides is 2. The molecule has 3 rings (SSSR count). The Kier molecular flexibility index (Phi) is 7.18. The zero-order valence-electron chi connectivity index (χ0n) is 19.0. The molecule has 1 aliphatic heterocycles. The van der Waals surface area contributed by atoms with E-state index in [1.165, 1.54) is 22.3 Å². The molecule has 2 heterocycles. The molecule has 2 aromatic rings. The molecule has 10 heteroatoms. The van der Waals surface area contributed by atoms with Crippen LogP contribution in [-0.2, 0) is 22.3 Å². The first-order valence-electron chi connectivity index (χ1n) is 10.6. The van der Waals surface area contributed by atoms with Crippen molar-refractivity contribution in [3.63, 3.8) is 0 Å². The molecule has 1 saturated heterocycles. The lowest BCUT2D eigenvalue weighted by molar-refractivity contribution is -0.140. The van der Waals surface area contributed by atoms with Crippen molar-refractivity contribution >= 4 is 23.2 Å². The molecule has 1 aromatic heterocycles. The van der Waals surface area contributed by atoms with Crippen molar-refractivity contribution in [2.75, 3.05) is 6.54 Å². The molecule has 0 radical (unpaired) electrons. The van der Waals surface area contributed by atoms with Crippen molar-refractivity contribution in [2.24, 2.45) is 5.41 Å². The van der Waals surface area contributed by atoms with Gasteiger partial charge in [-0.15, -0.1) is 11.3 Å². The molecule has 2 N–H and O–H groups in total. The number of nitrogens with zero attached hydrogens (tertiary/aromatic N) is 2. The van der Waals surface area contributed by atoms with Gasteiger partial charge < -0.3 is 15.3 Å². The summed E-state index contributed by atoms with van der Waals surface area (Å²) in [6.07, 6.45) is -5.21. The number of aliphatic hydroxyl groups excluding tert-OH is 1. The number of alkyl halides is 3. The Morgan fingerprint density at radius 1 is 1.27 bits per heavy atom. The van der Waals surface area contributed by atoms with Gasteiger partial charge in [0.05, 0.1) is 27.7 Å². The fourth-order valence-electron chi connectivity index (χ4n) is 3.91. The number of likely N-dealkylation sites (tertiary alicyclic amines) is 1. The predicted octanol–water partition coefficient (Wildman–Crippen LogP) is 4.15. The van der Waals surface area contributed by atoms with Gasteiger partial charge in [-0.25, -0.2) is 4.98 Å². The summed E-state index contributed by atoms with van der Waals surface area (Å²) in [6, 6.07) is 3.09. The Morgan fingerprint density at radius 2 is 1.97 bits per heavy atom. The number of benzene rings is 1. The zero-order chi connectivity index (χ0) is 24.6. The first-order chi connectivity index (χ1) is 15.3. The standard InChI is InChI=1S/C23H28F3N3O3S/c1-13-20(33-12-28-13)14-5-6-15(17(7-14)23(24,25)26)10-27-21(32)18-8-16(30)11-29(18)19(31)9-22(2,3)4/h5-7,12,16,18,30H,8-11H2,1-4H3,(H,27,32)/t16-,18+/m1/s1. The third kappa shape index (κ3) is 6.11. The lowest BCUT2D eigenvalue weighted by Crippen LogP contribution is -2.46. The van der Waals surface area contributed by atoms with Gasteiger partial charge >= 0.3 is 6.18 Å². The quantitative estimate of drug-likeness (QED) is 0.669. The van der Waals surface area contributed by atoms with Gasteiger partial charge in [0.25, 0.3) is 0 Å². The summed E-state index contributed by atoms with van der Waals surface area (Å²) < 4.78 is 41.3. The van der Waals surface area contributed by atoms with Crippen molar-refractivity contribution in [1.29, 1.82) is 0 Å². The van der Waals surface area contributed by atoms with Crippen LogP contribution in [0.4, 0.5) is 13.2 Å². The van der Waals surface area contributed by atoms with E-state index in [-0.39, 0.29) is 42.8 Å². The van der Waals surface area contributed by atoms with Gasteiger partial charge in [-0.05, 0) is 29.5 Å². The third-order valence-corrected chi connectivity index (χ3v) is 6.44. The number of rotatable bonds is 5. The number of halogens is 3. The van der Waals surface area contributed by atoms with E-state index >= 15 is 0 Å². The number of nitrogens with one attached hydrogen (secondary N) is 1. The summed E-state index contributed by atoms with van der Waals surface area (Å²) in [7, 11) is 0. The van der Waals surface area contributed by atoms with Gasteiger partial charge in [-0.1, -0.05) is 32.9 Å². The number of hydrogen-bond donors (Lipinski definition) is 2. The van der Waals surface area contributed by atoms with Crippen LogP contribution in [0.5, 0.6) is 0 Å². The van der Waals surface area contributed by atoms with E-state index in [9.17, 15) is 27.9 Å². The van der Waals surface area contributed by atoms with Crippen LogP contribution in [-0.4, -0.2) is 45.5 Å². The van der Waals surface area contributed by atoms with Crippen LogP contribution in [0.3, 0.4) is 0 Å². The van der Waals surface area contributed by atoms with Crippen LogP contribution in [0.15, 0.2) is 23.7 Å². The second-order valence-electron chi connectivity index (χ2n) is 9.54. The van der Waals surface area contributed by atoms with Crippen LogP contribution in [0.1, 0.15) is 50.4 Å². The van der Waals surface area contributed by atoms with Crippen molar-refractivity contribution in [3.05, 3.63) is 40.5 Å². The monoisotopic (exact) mass is 483 g/mol. The Balaban J connectivity index is 1.77. The minimum absolute atomic E-state index is 0.0314. The molecule has 33 heavy (non-hydrogen) atoms. The number of hydrogen-bond acceptors (Lipinski definition) is 5. The minimum atomic E-state index is -4.60. The second kappa shape index (κ2) is 9.42. The molecular weight excluding hydrogens is 455 g/mol. The number of carbonyl (C=O) groups is 2. The molecule has 6 nitrogen and oxygen atoms in total. The van der Waals surface area contributed by atoms with E-state index in [2.05, 4.69) is 10.3 Å². The van der Waals surface area contributed by atoms with E-state index in [4.69, 9.17) is 0 Å². The third-order valence-electron chi connectivity index (χ3n) is 5.46. The lowest BCUT2D eigenvalue weighted by Gasteiger charge is -2.27. The average molecular weight is 484 g/mol. The molecule has 1 aromatic carbocycles. The van der Waals surface area contributed by atoms with Gasteiger partial charge in [0.15, 0.2) is 0 Å². The van der Waals surface area contributed by atoms with Crippen LogP contribution in [0.2, 0.25) is 0 Å². The van der Waals surface area contributed by atoms with E-state index < -0.39 is 29.8 Å². The maximum absolute atomic E-state index is 13.8. The van der Waals surface area contributed by atoms with Crippen molar-refractivity contribution in [2.45, 2.75) is 65.4 Å². The maximum Gasteiger partial charge on any atom is 0.416 e. The summed E-state index contributed by atoms with van der Waals surface area (Å²) in [5.74, 6) is -0.844. The van der Waals surface area contributed by atoms with Gasteiger partial charge in [-0.2, -0.15) is 13.2 Å². The normalized spacial score (nSPS) is 19.1. The van der Waals surface area contributed by atoms with Crippen LogP contribution >= 0.6 is 11.3 Å². The van der Waals surface area contributed by atoms with Crippen LogP contribution in [0, 0.1) is 12.3 Å². The predicted molar refractivity (Wildman–Crippen MR) is 119 cm³/mol. The summed E-state index contributed by atoms with van der Waals surface area (Å²) >= 11 is 1.26. The fourth-order valence-corrected chi connectivity index (χ4v) is 4.71. The highest BCUT2D eigenvalue weighted by atomic mass is 32.1. The molecule has 0 bridgehead atoms. The van der Waals surface area contributed by atoms with E-state index in [0.717, 1.165) is 6.07 Å². The average Bonchev–Trinajstić information content (AvgIpc) is 3.29. The van der Waals surface area contributed by atoms with E-state index in [0.29, 0.717) is 16.1 Å². The Bertz CT molecular complexity index is 1030. The number of aliphatic hydroxyl groups is 1. The van der Waals surface area contributed by atoms with Gasteiger partial charge in [-0.3, -0.25) is 9.59 Å². The fraction of sp³-hybridized carbons (Fsp3) is 0.522. The number of carbonyl (C=O) groups excluding carboxylic acids is 2. The Morgan fingerprint density at radius 3 is 2.55 bits per heavy atom. The summed E-state index contributed by atoms with van der Waals surface area (Å²) in [5, 5.41) is 12.6. The maximum atomic E-state index is 13.8. The molecule has 2 amide bonds. The molecule has 180 valence electrons. The SMILES string of the molecule is Cc1ncsc1-c1ccc(CNC(=O)[C@@H]2C[C@@H](O)CN2C(=O)CC(C)(C)C)c(C(F)(F)F)c1. The number of thiazole rings is 1. The number of aryl methyl sites for hydroxylation is 1. The second-order valence-corrected chi connectivity index (χ2v) is 10.4. The molecule has 1 aliphatic rings. The molecule has 1 fully saturated rings.